The molecule has 1 rings (SSSR count). The lowest BCUT2D eigenvalue weighted by atomic mass is 10.0. The molecule has 0 saturated carbocycles. The van der Waals surface area contributed by atoms with Gasteiger partial charge in [-0.15, -0.1) is 0 Å². The summed E-state index contributed by atoms with van der Waals surface area (Å²) in [6.07, 6.45) is 0.115. The van der Waals surface area contributed by atoms with Crippen LogP contribution < -0.4 is 0 Å². The molecule has 0 aliphatic rings. The van der Waals surface area contributed by atoms with Crippen LogP contribution in [-0.2, 0) is 14.6 Å². The van der Waals surface area contributed by atoms with Gasteiger partial charge < -0.3 is 5.11 Å². The van der Waals surface area contributed by atoms with Crippen LogP contribution in [0, 0.1) is 6.92 Å². The molecule has 0 atom stereocenters. The van der Waals surface area contributed by atoms with Gasteiger partial charge in [-0.2, -0.15) is 0 Å². The van der Waals surface area contributed by atoms with Crippen LogP contribution in [0.1, 0.15) is 49.0 Å². The molecule has 116 valence electrons. The number of sulfone groups is 1. The van der Waals surface area contributed by atoms with Crippen molar-refractivity contribution in [2.75, 3.05) is 0 Å². The normalized spacial score (nSPS) is 11.6. The Morgan fingerprint density at radius 1 is 1.19 bits per heavy atom. The molecule has 0 heterocycles. The van der Waals surface area contributed by atoms with Gasteiger partial charge in [0.05, 0.1) is 10.1 Å². The van der Waals surface area contributed by atoms with Crippen LogP contribution in [0.15, 0.2) is 23.1 Å². The summed E-state index contributed by atoms with van der Waals surface area (Å²) in [5.74, 6) is -1.30. The third-order valence-electron chi connectivity index (χ3n) is 3.16. The van der Waals surface area contributed by atoms with Crippen LogP contribution in [0.5, 0.6) is 0 Å². The lowest BCUT2D eigenvalue weighted by Gasteiger charge is -2.13. The maximum absolute atomic E-state index is 12.3. The van der Waals surface area contributed by atoms with E-state index in [4.69, 9.17) is 5.11 Å². The average Bonchev–Trinajstić information content (AvgIpc) is 2.37. The van der Waals surface area contributed by atoms with Crippen molar-refractivity contribution in [2.24, 2.45) is 0 Å². The van der Waals surface area contributed by atoms with Crippen molar-refractivity contribution in [3.63, 3.8) is 0 Å². The highest BCUT2D eigenvalue weighted by Gasteiger charge is 2.25. The van der Waals surface area contributed by atoms with Crippen molar-refractivity contribution < 1.29 is 23.1 Å². The molecule has 0 saturated heterocycles. The van der Waals surface area contributed by atoms with Crippen LogP contribution in [0.25, 0.3) is 0 Å². The molecule has 5 nitrogen and oxygen atoms in total. The fourth-order valence-corrected chi connectivity index (χ4v) is 3.14. The van der Waals surface area contributed by atoms with Gasteiger partial charge in [-0.05, 0) is 39.3 Å². The number of Topliss-reactive ketones (excluding diaryl/α,β-unsaturated/α-hetero) is 1. The number of carbonyl (C=O) groups is 2. The van der Waals surface area contributed by atoms with Gasteiger partial charge in [0.25, 0.3) is 0 Å². The Hall–Kier alpha value is -1.69. The molecule has 0 aliphatic heterocycles. The van der Waals surface area contributed by atoms with Crippen LogP contribution >= 0.6 is 0 Å². The van der Waals surface area contributed by atoms with Crippen LogP contribution in [0.2, 0.25) is 0 Å². The van der Waals surface area contributed by atoms with Crippen molar-refractivity contribution in [1.82, 2.24) is 0 Å². The minimum absolute atomic E-state index is 0.0242. The predicted octanol–water partition coefficient (Wildman–Crippen LogP) is 2.61. The topological polar surface area (TPSA) is 88.5 Å². The summed E-state index contributed by atoms with van der Waals surface area (Å²) in [6, 6.07) is 4.66. The third-order valence-corrected chi connectivity index (χ3v) is 5.37. The number of carbonyl (C=O) groups excluding carboxylic acids is 1. The molecule has 1 aromatic rings. The number of benzene rings is 1. The van der Waals surface area contributed by atoms with E-state index in [9.17, 15) is 18.0 Å². The minimum atomic E-state index is -3.55. The first-order chi connectivity index (χ1) is 9.66. The van der Waals surface area contributed by atoms with E-state index in [0.29, 0.717) is 0 Å². The fraction of sp³-hybridized carbons (Fsp3) is 0.467. The number of carboxylic acid groups (broad SMARTS) is 1. The summed E-state index contributed by atoms with van der Waals surface area (Å²) in [5, 5.41) is 7.97. The molecule has 0 fully saturated rings. The highest BCUT2D eigenvalue weighted by molar-refractivity contribution is 7.92. The van der Waals surface area contributed by atoms with Crippen LogP contribution in [0.4, 0.5) is 0 Å². The highest BCUT2D eigenvalue weighted by Crippen LogP contribution is 2.23. The Balaban J connectivity index is 3.14. The molecule has 0 radical (unpaired) electrons. The van der Waals surface area contributed by atoms with Crippen LogP contribution in [-0.4, -0.2) is 30.5 Å². The van der Waals surface area contributed by atoms with E-state index in [-0.39, 0.29) is 35.5 Å². The third kappa shape index (κ3) is 4.39. The number of ketones is 1. The number of carboxylic acids is 1. The van der Waals surface area contributed by atoms with Crippen LogP contribution in [0.3, 0.4) is 0 Å². The Morgan fingerprint density at radius 3 is 2.33 bits per heavy atom. The number of aryl methyl sites for hydroxylation is 1. The molecule has 1 N–H and O–H groups in total. The van der Waals surface area contributed by atoms with E-state index in [2.05, 4.69) is 0 Å². The second-order valence-corrected chi connectivity index (χ2v) is 7.74. The maximum atomic E-state index is 12.3. The first-order valence-corrected chi connectivity index (χ1v) is 8.30. The van der Waals surface area contributed by atoms with Crippen molar-refractivity contribution in [3.8, 4) is 0 Å². The number of aliphatic carboxylic acids is 1. The van der Waals surface area contributed by atoms with Gasteiger partial charge in [-0.3, -0.25) is 9.59 Å². The molecule has 1 aromatic carbocycles. The monoisotopic (exact) mass is 312 g/mol. The first-order valence-electron chi connectivity index (χ1n) is 6.75. The number of rotatable bonds is 7. The smallest absolute Gasteiger partial charge is 0.303 e. The van der Waals surface area contributed by atoms with Crippen molar-refractivity contribution >= 4 is 21.6 Å². The van der Waals surface area contributed by atoms with Gasteiger partial charge in [0, 0.05) is 18.4 Å². The zero-order chi connectivity index (χ0) is 16.2. The molecule has 21 heavy (non-hydrogen) atoms. The second-order valence-electron chi connectivity index (χ2n) is 5.26. The fourth-order valence-electron chi connectivity index (χ4n) is 1.90. The number of hydrogen-bond acceptors (Lipinski definition) is 4. The SMILES string of the molecule is Cc1ccc(S(=O)(=O)C(C)C)c(C(=O)CCCC(=O)O)c1. The van der Waals surface area contributed by atoms with Crippen molar-refractivity contribution in [2.45, 2.75) is 50.2 Å². The lowest BCUT2D eigenvalue weighted by Crippen LogP contribution is -2.18. The largest absolute Gasteiger partial charge is 0.481 e. The molecular formula is C15H20O5S. The van der Waals surface area contributed by atoms with E-state index >= 15 is 0 Å². The maximum Gasteiger partial charge on any atom is 0.303 e. The summed E-state index contributed by atoms with van der Waals surface area (Å²) in [5.41, 5.74) is 0.952. The summed E-state index contributed by atoms with van der Waals surface area (Å²) < 4.78 is 24.6. The zero-order valence-corrected chi connectivity index (χ0v) is 13.2. The standard InChI is InChI=1S/C15H20O5S/c1-10(2)21(19,20)14-8-7-11(3)9-12(14)13(16)5-4-6-15(17)18/h7-10H,4-6H2,1-3H3,(H,17,18). The van der Waals surface area contributed by atoms with Gasteiger partial charge in [0.15, 0.2) is 15.6 Å². The van der Waals surface area contributed by atoms with E-state index in [1.807, 2.05) is 0 Å². The van der Waals surface area contributed by atoms with Crippen molar-refractivity contribution in [1.29, 1.82) is 0 Å². The summed E-state index contributed by atoms with van der Waals surface area (Å²) >= 11 is 0. The Kier molecular flexibility index (Phi) is 5.66. The lowest BCUT2D eigenvalue weighted by molar-refractivity contribution is -0.137. The predicted molar refractivity (Wildman–Crippen MR) is 79.3 cm³/mol. The molecule has 0 amide bonds. The van der Waals surface area contributed by atoms with E-state index in [1.54, 1.807) is 32.9 Å². The van der Waals surface area contributed by atoms with Gasteiger partial charge in [0.1, 0.15) is 0 Å². The Bertz CT molecular complexity index is 644. The average molecular weight is 312 g/mol. The van der Waals surface area contributed by atoms with E-state index in [0.717, 1.165) is 5.56 Å². The van der Waals surface area contributed by atoms with E-state index in [1.165, 1.54) is 6.07 Å². The number of hydrogen-bond donors (Lipinski definition) is 1. The molecule has 6 heteroatoms. The summed E-state index contributed by atoms with van der Waals surface area (Å²) in [6.45, 7) is 4.90. The summed E-state index contributed by atoms with van der Waals surface area (Å²) in [7, 11) is -3.55. The van der Waals surface area contributed by atoms with Gasteiger partial charge in [-0.25, -0.2) is 8.42 Å². The highest BCUT2D eigenvalue weighted by atomic mass is 32.2. The Labute approximate surface area is 124 Å². The quantitative estimate of drug-likeness (QED) is 0.782. The van der Waals surface area contributed by atoms with E-state index < -0.39 is 21.1 Å². The molecule has 0 aliphatic carbocycles. The molecular weight excluding hydrogens is 292 g/mol. The molecule has 0 spiro atoms. The van der Waals surface area contributed by atoms with Gasteiger partial charge in [-0.1, -0.05) is 11.6 Å². The molecule has 0 bridgehead atoms. The van der Waals surface area contributed by atoms with Gasteiger partial charge >= 0.3 is 5.97 Å². The van der Waals surface area contributed by atoms with Gasteiger partial charge in [0.2, 0.25) is 0 Å². The minimum Gasteiger partial charge on any atom is -0.481 e. The zero-order valence-electron chi connectivity index (χ0n) is 12.4. The molecule has 0 aromatic heterocycles. The first kappa shape index (κ1) is 17.4. The Morgan fingerprint density at radius 2 is 1.81 bits per heavy atom. The second kappa shape index (κ2) is 6.85. The summed E-state index contributed by atoms with van der Waals surface area (Å²) in [4.78, 5) is 22.7. The molecule has 0 unspecified atom stereocenters. The van der Waals surface area contributed by atoms with Crippen molar-refractivity contribution in [3.05, 3.63) is 29.3 Å².